The molecule has 100 valence electrons. The summed E-state index contributed by atoms with van der Waals surface area (Å²) in [5.41, 5.74) is 0. The predicted octanol–water partition coefficient (Wildman–Crippen LogP) is 0.482. The van der Waals surface area contributed by atoms with Crippen molar-refractivity contribution in [2.24, 2.45) is 0 Å². The van der Waals surface area contributed by atoms with Crippen molar-refractivity contribution < 1.29 is 17.9 Å². The summed E-state index contributed by atoms with van der Waals surface area (Å²) in [6.45, 7) is -0.325. The van der Waals surface area contributed by atoms with Crippen molar-refractivity contribution in [1.82, 2.24) is 10.0 Å². The number of benzene rings is 1. The van der Waals surface area contributed by atoms with Crippen LogP contribution in [0, 0.1) is 0 Å². The molecule has 1 aromatic rings. The van der Waals surface area contributed by atoms with Crippen molar-refractivity contribution in [1.29, 1.82) is 0 Å². The van der Waals surface area contributed by atoms with Crippen LogP contribution in [-0.4, -0.2) is 35.0 Å². The van der Waals surface area contributed by atoms with Crippen LogP contribution < -0.4 is 14.8 Å². The second-order valence-corrected chi connectivity index (χ2v) is 5.94. The highest BCUT2D eigenvalue weighted by Crippen LogP contribution is 2.26. The number of hydrogen-bond acceptors (Lipinski definition) is 4. The number of rotatable bonds is 5. The minimum atomic E-state index is -3.80. The third-order valence-electron chi connectivity index (χ3n) is 2.12. The smallest absolute Gasteiger partial charge is 0.244 e. The molecule has 1 rings (SSSR count). The molecule has 6 nitrogen and oxygen atoms in total. The van der Waals surface area contributed by atoms with Gasteiger partial charge in [0.1, 0.15) is 10.6 Å². The van der Waals surface area contributed by atoms with Crippen LogP contribution in [0.2, 0.25) is 0 Å². The topological polar surface area (TPSA) is 84.5 Å². The number of carbonyl (C=O) groups is 1. The number of ether oxygens (including phenoxy) is 1. The first-order valence-electron chi connectivity index (χ1n) is 4.94. The first kappa shape index (κ1) is 14.9. The van der Waals surface area contributed by atoms with E-state index in [1.807, 2.05) is 0 Å². The lowest BCUT2D eigenvalue weighted by molar-refractivity contribution is -0.119. The fraction of sp³-hybridized carbons (Fsp3) is 0.300. The zero-order valence-electron chi connectivity index (χ0n) is 9.86. The van der Waals surface area contributed by atoms with E-state index in [2.05, 4.69) is 26.0 Å². The summed E-state index contributed by atoms with van der Waals surface area (Å²) in [7, 11) is -0.994. The van der Waals surface area contributed by atoms with Gasteiger partial charge in [-0.25, -0.2) is 13.1 Å². The van der Waals surface area contributed by atoms with Crippen LogP contribution in [0.25, 0.3) is 0 Å². The average molecular weight is 337 g/mol. The van der Waals surface area contributed by atoms with E-state index in [-0.39, 0.29) is 17.2 Å². The maximum atomic E-state index is 12.0. The Hall–Kier alpha value is -1.12. The second-order valence-electron chi connectivity index (χ2n) is 3.29. The molecule has 0 saturated heterocycles. The monoisotopic (exact) mass is 336 g/mol. The van der Waals surface area contributed by atoms with Crippen LogP contribution in [0.4, 0.5) is 0 Å². The Morgan fingerprint density at radius 3 is 2.67 bits per heavy atom. The lowest BCUT2D eigenvalue weighted by atomic mass is 10.3. The van der Waals surface area contributed by atoms with Gasteiger partial charge in [0.25, 0.3) is 0 Å². The number of amides is 1. The van der Waals surface area contributed by atoms with Gasteiger partial charge in [0.2, 0.25) is 15.9 Å². The Balaban J connectivity index is 3.04. The van der Waals surface area contributed by atoms with E-state index in [1.165, 1.54) is 26.3 Å². The van der Waals surface area contributed by atoms with Crippen LogP contribution in [0.5, 0.6) is 5.75 Å². The van der Waals surface area contributed by atoms with Crippen molar-refractivity contribution in [2.75, 3.05) is 20.7 Å². The third kappa shape index (κ3) is 3.69. The summed E-state index contributed by atoms with van der Waals surface area (Å²) in [6, 6.07) is 4.60. The molecule has 0 aliphatic heterocycles. The van der Waals surface area contributed by atoms with Gasteiger partial charge >= 0.3 is 0 Å². The van der Waals surface area contributed by atoms with Crippen LogP contribution in [0.1, 0.15) is 0 Å². The molecule has 0 heterocycles. The van der Waals surface area contributed by atoms with Gasteiger partial charge < -0.3 is 10.1 Å². The molecule has 0 atom stereocenters. The van der Waals surface area contributed by atoms with Gasteiger partial charge in [-0.15, -0.1) is 0 Å². The maximum Gasteiger partial charge on any atom is 0.244 e. The second kappa shape index (κ2) is 6.17. The zero-order chi connectivity index (χ0) is 13.8. The molecule has 0 aliphatic rings. The van der Waals surface area contributed by atoms with Crippen LogP contribution >= 0.6 is 15.9 Å². The predicted molar refractivity (Wildman–Crippen MR) is 69.9 cm³/mol. The molecule has 0 spiro atoms. The van der Waals surface area contributed by atoms with Crippen molar-refractivity contribution in [3.63, 3.8) is 0 Å². The van der Waals surface area contributed by atoms with Gasteiger partial charge in [0.05, 0.1) is 13.7 Å². The summed E-state index contributed by atoms with van der Waals surface area (Å²) in [4.78, 5) is 11.0. The fourth-order valence-electron chi connectivity index (χ4n) is 1.19. The van der Waals surface area contributed by atoms with Gasteiger partial charge in [0.15, 0.2) is 0 Å². The first-order chi connectivity index (χ1) is 8.40. The molecule has 0 bridgehead atoms. The standard InChI is InChI=1S/C10H13BrN2O4S/c1-12-10(14)6-13-18(15,16)9-5-7(11)3-4-8(9)17-2/h3-5,13H,6H2,1-2H3,(H,12,14). The molecule has 1 amide bonds. The molecule has 0 radical (unpaired) electrons. The quantitative estimate of drug-likeness (QED) is 0.819. The molecule has 18 heavy (non-hydrogen) atoms. The number of carbonyl (C=O) groups excluding carboxylic acids is 1. The van der Waals surface area contributed by atoms with Crippen molar-refractivity contribution in [3.05, 3.63) is 22.7 Å². The van der Waals surface area contributed by atoms with E-state index in [9.17, 15) is 13.2 Å². The summed E-state index contributed by atoms with van der Waals surface area (Å²) in [6.07, 6.45) is 0. The van der Waals surface area contributed by atoms with E-state index in [0.29, 0.717) is 4.47 Å². The molecule has 0 fully saturated rings. The van der Waals surface area contributed by atoms with Crippen LogP contribution in [0.3, 0.4) is 0 Å². The molecule has 0 saturated carbocycles. The number of nitrogens with one attached hydrogen (secondary N) is 2. The van der Waals surface area contributed by atoms with E-state index in [1.54, 1.807) is 6.07 Å². The van der Waals surface area contributed by atoms with Gasteiger partial charge in [-0.1, -0.05) is 15.9 Å². The first-order valence-corrected chi connectivity index (χ1v) is 7.22. The molecular formula is C10H13BrN2O4S. The highest BCUT2D eigenvalue weighted by atomic mass is 79.9. The molecule has 1 aromatic carbocycles. The Bertz CT molecular complexity index is 545. The van der Waals surface area contributed by atoms with Crippen molar-refractivity contribution in [2.45, 2.75) is 4.90 Å². The highest BCUT2D eigenvalue weighted by Gasteiger charge is 2.20. The Morgan fingerprint density at radius 2 is 2.11 bits per heavy atom. The number of sulfonamides is 1. The van der Waals surface area contributed by atoms with Gasteiger partial charge in [-0.2, -0.15) is 0 Å². The normalized spacial score (nSPS) is 11.1. The Labute approximate surface area is 114 Å². The Morgan fingerprint density at radius 1 is 1.44 bits per heavy atom. The lowest BCUT2D eigenvalue weighted by Crippen LogP contribution is -2.35. The van der Waals surface area contributed by atoms with Crippen molar-refractivity contribution in [3.8, 4) is 5.75 Å². The van der Waals surface area contributed by atoms with Crippen LogP contribution in [0.15, 0.2) is 27.6 Å². The van der Waals surface area contributed by atoms with Crippen LogP contribution in [-0.2, 0) is 14.8 Å². The highest BCUT2D eigenvalue weighted by molar-refractivity contribution is 9.10. The molecular weight excluding hydrogens is 324 g/mol. The molecule has 8 heteroatoms. The van der Waals surface area contributed by atoms with E-state index in [0.717, 1.165) is 0 Å². The fourth-order valence-corrected chi connectivity index (χ4v) is 2.87. The molecule has 0 aromatic heterocycles. The van der Waals surface area contributed by atoms with E-state index in [4.69, 9.17) is 4.74 Å². The zero-order valence-corrected chi connectivity index (χ0v) is 12.3. The number of hydrogen-bond donors (Lipinski definition) is 2. The van der Waals surface area contributed by atoms with E-state index >= 15 is 0 Å². The largest absolute Gasteiger partial charge is 0.495 e. The minimum absolute atomic E-state index is 0.0247. The van der Waals surface area contributed by atoms with Gasteiger partial charge in [-0.05, 0) is 18.2 Å². The average Bonchev–Trinajstić information content (AvgIpc) is 2.36. The minimum Gasteiger partial charge on any atom is -0.495 e. The molecule has 0 unspecified atom stereocenters. The third-order valence-corrected chi connectivity index (χ3v) is 4.03. The number of halogens is 1. The molecule has 2 N–H and O–H groups in total. The van der Waals surface area contributed by atoms with E-state index < -0.39 is 15.9 Å². The summed E-state index contributed by atoms with van der Waals surface area (Å²) >= 11 is 3.18. The number of methoxy groups -OCH3 is 1. The summed E-state index contributed by atoms with van der Waals surface area (Å²) in [5.74, 6) is -0.213. The SMILES string of the molecule is CNC(=O)CNS(=O)(=O)c1cc(Br)ccc1OC. The van der Waals surface area contributed by atoms with Gasteiger partial charge in [-0.3, -0.25) is 4.79 Å². The number of likely N-dealkylation sites (N-methyl/N-ethyl adjacent to an activating group) is 1. The Kier molecular flexibility index (Phi) is 5.12. The summed E-state index contributed by atoms with van der Waals surface area (Å²) in [5, 5.41) is 2.32. The molecule has 0 aliphatic carbocycles. The van der Waals surface area contributed by atoms with Crippen molar-refractivity contribution >= 4 is 31.9 Å². The van der Waals surface area contributed by atoms with Gasteiger partial charge in [0, 0.05) is 11.5 Å². The summed E-state index contributed by atoms with van der Waals surface area (Å²) < 4.78 is 31.8. The lowest BCUT2D eigenvalue weighted by Gasteiger charge is -2.10. The maximum absolute atomic E-state index is 12.0.